The minimum Gasteiger partial charge on any atom is -0.353 e. The molecule has 80 valence electrons. The van der Waals surface area contributed by atoms with Gasteiger partial charge in [0.05, 0.1) is 4.92 Å². The third kappa shape index (κ3) is 1.75. The van der Waals surface area contributed by atoms with E-state index in [1.54, 1.807) is 13.0 Å². The van der Waals surface area contributed by atoms with Crippen LogP contribution >= 0.6 is 0 Å². The van der Waals surface area contributed by atoms with Gasteiger partial charge in [0.25, 0.3) is 5.69 Å². The van der Waals surface area contributed by atoms with E-state index in [-0.39, 0.29) is 11.7 Å². The van der Waals surface area contributed by atoms with Crippen molar-refractivity contribution in [3.05, 3.63) is 27.9 Å². The van der Waals surface area contributed by atoms with Crippen LogP contribution in [0.15, 0.2) is 12.3 Å². The molecule has 2 heterocycles. The van der Waals surface area contributed by atoms with Crippen LogP contribution in [0, 0.1) is 17.0 Å². The summed E-state index contributed by atoms with van der Waals surface area (Å²) in [5, 5.41) is 10.6. The van der Waals surface area contributed by atoms with Crippen LogP contribution in [0.4, 0.5) is 11.5 Å². The van der Waals surface area contributed by atoms with Gasteiger partial charge in [0.1, 0.15) is 12.0 Å². The molecular formula is C9H12N4O2. The number of hydrogen-bond acceptors (Lipinski definition) is 5. The lowest BCUT2D eigenvalue weighted by atomic mass is 10.1. The van der Waals surface area contributed by atoms with Gasteiger partial charge in [-0.3, -0.25) is 10.1 Å². The predicted molar refractivity (Wildman–Crippen MR) is 55.8 cm³/mol. The Morgan fingerprint density at radius 1 is 1.67 bits per heavy atom. The molecule has 1 aliphatic heterocycles. The van der Waals surface area contributed by atoms with E-state index in [0.717, 1.165) is 18.9 Å². The molecule has 1 aromatic heterocycles. The molecule has 2 rings (SSSR count). The van der Waals surface area contributed by atoms with Gasteiger partial charge >= 0.3 is 0 Å². The van der Waals surface area contributed by atoms with E-state index < -0.39 is 4.92 Å². The minimum atomic E-state index is -0.423. The highest BCUT2D eigenvalue weighted by Gasteiger charge is 2.25. The Morgan fingerprint density at radius 3 is 2.80 bits per heavy atom. The molecule has 0 atom stereocenters. The van der Waals surface area contributed by atoms with Crippen molar-refractivity contribution in [1.29, 1.82) is 0 Å². The zero-order valence-electron chi connectivity index (χ0n) is 8.38. The smallest absolute Gasteiger partial charge is 0.290 e. The van der Waals surface area contributed by atoms with Crippen LogP contribution in [0.2, 0.25) is 0 Å². The topological polar surface area (TPSA) is 85.3 Å². The third-order valence-electron chi connectivity index (χ3n) is 2.50. The van der Waals surface area contributed by atoms with E-state index in [0.29, 0.717) is 5.56 Å². The zero-order chi connectivity index (χ0) is 11.0. The SMILES string of the molecule is Cc1cc(N2CC(N)C2)ncc1[N+](=O)[O-]. The van der Waals surface area contributed by atoms with Crippen molar-refractivity contribution < 1.29 is 4.92 Å². The largest absolute Gasteiger partial charge is 0.353 e. The van der Waals surface area contributed by atoms with Crippen molar-refractivity contribution in [3.8, 4) is 0 Å². The summed E-state index contributed by atoms with van der Waals surface area (Å²) in [6, 6.07) is 1.92. The van der Waals surface area contributed by atoms with E-state index in [1.165, 1.54) is 6.20 Å². The molecule has 1 saturated heterocycles. The van der Waals surface area contributed by atoms with Gasteiger partial charge in [-0.15, -0.1) is 0 Å². The average Bonchev–Trinajstić information content (AvgIpc) is 2.12. The molecule has 0 aromatic carbocycles. The summed E-state index contributed by atoms with van der Waals surface area (Å²) >= 11 is 0. The molecule has 0 spiro atoms. The number of nitro groups is 1. The van der Waals surface area contributed by atoms with E-state index in [4.69, 9.17) is 5.73 Å². The zero-order valence-corrected chi connectivity index (χ0v) is 8.38. The number of nitrogens with zero attached hydrogens (tertiary/aromatic N) is 3. The molecule has 1 aliphatic rings. The second-order valence-corrected chi connectivity index (χ2v) is 3.75. The monoisotopic (exact) mass is 208 g/mol. The number of hydrogen-bond donors (Lipinski definition) is 1. The summed E-state index contributed by atoms with van der Waals surface area (Å²) in [7, 11) is 0. The Labute approximate surface area is 86.9 Å². The van der Waals surface area contributed by atoms with Gasteiger partial charge in [0.15, 0.2) is 0 Å². The summed E-state index contributed by atoms with van der Waals surface area (Å²) in [4.78, 5) is 16.2. The van der Waals surface area contributed by atoms with Crippen molar-refractivity contribution >= 4 is 11.5 Å². The first kappa shape index (κ1) is 9.85. The number of anilines is 1. The Kier molecular flexibility index (Phi) is 2.28. The Bertz CT molecular complexity index is 401. The van der Waals surface area contributed by atoms with Crippen LogP contribution in [0.5, 0.6) is 0 Å². The summed E-state index contributed by atoms with van der Waals surface area (Å²) in [6.45, 7) is 3.25. The predicted octanol–water partition coefficient (Wildman–Crippen LogP) is 0.446. The van der Waals surface area contributed by atoms with Crippen LogP contribution in [-0.4, -0.2) is 29.0 Å². The van der Waals surface area contributed by atoms with Crippen LogP contribution in [0.25, 0.3) is 0 Å². The molecule has 0 amide bonds. The molecule has 15 heavy (non-hydrogen) atoms. The molecule has 2 N–H and O–H groups in total. The molecule has 0 radical (unpaired) electrons. The minimum absolute atomic E-state index is 0.0589. The highest BCUT2D eigenvalue weighted by atomic mass is 16.6. The fourth-order valence-electron chi connectivity index (χ4n) is 1.60. The lowest BCUT2D eigenvalue weighted by Crippen LogP contribution is -2.56. The highest BCUT2D eigenvalue weighted by molar-refractivity contribution is 5.50. The van der Waals surface area contributed by atoms with E-state index in [1.807, 2.05) is 4.90 Å². The van der Waals surface area contributed by atoms with Crippen molar-refractivity contribution in [3.63, 3.8) is 0 Å². The summed E-state index contributed by atoms with van der Waals surface area (Å²) in [5.41, 5.74) is 6.33. The molecule has 0 aliphatic carbocycles. The van der Waals surface area contributed by atoms with E-state index in [2.05, 4.69) is 4.98 Å². The second kappa shape index (κ2) is 3.47. The quantitative estimate of drug-likeness (QED) is 0.563. The molecule has 0 bridgehead atoms. The lowest BCUT2D eigenvalue weighted by Gasteiger charge is -2.37. The Balaban J connectivity index is 2.22. The average molecular weight is 208 g/mol. The van der Waals surface area contributed by atoms with Crippen molar-refractivity contribution in [2.45, 2.75) is 13.0 Å². The number of rotatable bonds is 2. The van der Waals surface area contributed by atoms with Gasteiger partial charge in [-0.1, -0.05) is 0 Å². The number of aryl methyl sites for hydroxylation is 1. The van der Waals surface area contributed by atoms with Gasteiger partial charge in [0.2, 0.25) is 0 Å². The molecule has 0 unspecified atom stereocenters. The number of aromatic nitrogens is 1. The van der Waals surface area contributed by atoms with Gasteiger partial charge in [0, 0.05) is 24.7 Å². The first-order valence-electron chi connectivity index (χ1n) is 4.69. The van der Waals surface area contributed by atoms with Crippen LogP contribution in [0.3, 0.4) is 0 Å². The summed E-state index contributed by atoms with van der Waals surface area (Å²) in [6.07, 6.45) is 1.30. The fourth-order valence-corrected chi connectivity index (χ4v) is 1.60. The van der Waals surface area contributed by atoms with Crippen LogP contribution < -0.4 is 10.6 Å². The number of nitrogens with two attached hydrogens (primary N) is 1. The third-order valence-corrected chi connectivity index (χ3v) is 2.50. The maximum Gasteiger partial charge on any atom is 0.290 e. The molecule has 6 heteroatoms. The van der Waals surface area contributed by atoms with Crippen LogP contribution in [0.1, 0.15) is 5.56 Å². The van der Waals surface area contributed by atoms with Crippen molar-refractivity contribution in [2.24, 2.45) is 5.73 Å². The molecule has 1 fully saturated rings. The number of pyridine rings is 1. The van der Waals surface area contributed by atoms with E-state index in [9.17, 15) is 10.1 Å². The first-order valence-corrected chi connectivity index (χ1v) is 4.69. The Hall–Kier alpha value is -1.69. The van der Waals surface area contributed by atoms with E-state index >= 15 is 0 Å². The first-order chi connectivity index (χ1) is 7.08. The molecule has 6 nitrogen and oxygen atoms in total. The maximum atomic E-state index is 10.6. The second-order valence-electron chi connectivity index (χ2n) is 3.75. The van der Waals surface area contributed by atoms with Crippen LogP contribution in [-0.2, 0) is 0 Å². The standard InChI is InChI=1S/C9H12N4O2/c1-6-2-9(12-4-7(10)5-12)11-3-8(6)13(14)15/h2-3,7H,4-5,10H2,1H3. The molecule has 1 aromatic rings. The highest BCUT2D eigenvalue weighted by Crippen LogP contribution is 2.23. The molecular weight excluding hydrogens is 196 g/mol. The van der Waals surface area contributed by atoms with Gasteiger partial charge < -0.3 is 10.6 Å². The van der Waals surface area contributed by atoms with Crippen molar-refractivity contribution in [2.75, 3.05) is 18.0 Å². The van der Waals surface area contributed by atoms with Gasteiger partial charge in [-0.25, -0.2) is 4.98 Å². The normalized spacial score (nSPS) is 16.3. The van der Waals surface area contributed by atoms with Crippen molar-refractivity contribution in [1.82, 2.24) is 4.98 Å². The lowest BCUT2D eigenvalue weighted by molar-refractivity contribution is -0.385. The summed E-state index contributed by atoms with van der Waals surface area (Å²) < 4.78 is 0. The maximum absolute atomic E-state index is 10.6. The summed E-state index contributed by atoms with van der Waals surface area (Å²) in [5.74, 6) is 0.764. The van der Waals surface area contributed by atoms with Gasteiger partial charge in [-0.05, 0) is 13.0 Å². The Morgan fingerprint density at radius 2 is 2.33 bits per heavy atom. The molecule has 0 saturated carbocycles. The van der Waals surface area contributed by atoms with Gasteiger partial charge in [-0.2, -0.15) is 0 Å². The fraction of sp³-hybridized carbons (Fsp3) is 0.444.